The molecule has 6 rings (SSSR count). The van der Waals surface area contributed by atoms with Crippen molar-refractivity contribution in [3.05, 3.63) is 58.6 Å². The number of fused-ring (bicyclic) bond motifs is 5. The summed E-state index contributed by atoms with van der Waals surface area (Å²) in [4.78, 5) is 2.80. The molecule has 0 bridgehead atoms. The minimum atomic E-state index is 0.579. The van der Waals surface area contributed by atoms with Crippen LogP contribution in [0.4, 0.5) is 0 Å². The van der Waals surface area contributed by atoms with Gasteiger partial charge in [-0.3, -0.25) is 0 Å². The first-order valence-electron chi connectivity index (χ1n) is 10.4. The molecule has 2 heteroatoms. The minimum absolute atomic E-state index is 0.579. The Labute approximate surface area is 151 Å². The van der Waals surface area contributed by atoms with Crippen molar-refractivity contribution in [3.8, 4) is 0 Å². The highest BCUT2D eigenvalue weighted by molar-refractivity contribution is 5.54. The highest BCUT2D eigenvalue weighted by atomic mass is 15.2. The molecule has 1 saturated heterocycles. The maximum atomic E-state index is 3.49. The number of hydrogen-bond donors (Lipinski definition) is 1. The average Bonchev–Trinajstić information content (AvgIpc) is 3.43. The Morgan fingerprint density at radius 2 is 2.04 bits per heavy atom. The molecule has 6 aliphatic rings. The van der Waals surface area contributed by atoms with Gasteiger partial charge in [-0.2, -0.15) is 0 Å². The summed E-state index contributed by atoms with van der Waals surface area (Å²) in [7, 11) is 0. The molecular weight excluding hydrogens is 304 g/mol. The molecule has 2 nitrogen and oxygen atoms in total. The summed E-state index contributed by atoms with van der Waals surface area (Å²) in [5, 5.41) is 3.49. The zero-order chi connectivity index (χ0) is 16.4. The third-order valence-corrected chi connectivity index (χ3v) is 7.30. The van der Waals surface area contributed by atoms with Gasteiger partial charge in [-0.25, -0.2) is 0 Å². The Balaban J connectivity index is 1.51. The molecule has 0 radical (unpaired) electrons. The zero-order valence-corrected chi connectivity index (χ0v) is 15.0. The van der Waals surface area contributed by atoms with Crippen LogP contribution in [0.1, 0.15) is 51.4 Å². The summed E-state index contributed by atoms with van der Waals surface area (Å²) in [6.45, 7) is 0.984. The number of nitrogens with one attached hydrogen (secondary N) is 1. The molecule has 0 amide bonds. The van der Waals surface area contributed by atoms with E-state index in [1.54, 1.807) is 22.4 Å². The fourth-order valence-corrected chi connectivity index (χ4v) is 5.98. The van der Waals surface area contributed by atoms with Gasteiger partial charge < -0.3 is 10.2 Å². The predicted octanol–water partition coefficient (Wildman–Crippen LogP) is 4.80. The third kappa shape index (κ3) is 2.16. The lowest BCUT2D eigenvalue weighted by Gasteiger charge is -2.37. The van der Waals surface area contributed by atoms with Crippen molar-refractivity contribution in [1.29, 1.82) is 0 Å². The molecular formula is C23H28N2. The van der Waals surface area contributed by atoms with Crippen molar-refractivity contribution in [1.82, 2.24) is 10.2 Å². The van der Waals surface area contributed by atoms with Crippen molar-refractivity contribution in [3.63, 3.8) is 0 Å². The standard InChI is InChI=1S/C23H28N2/c1-2-4-21-16(3-1)7-9-18-17(13-15-5-6-15)8-10-19-20-14-24-12-11-22(20)25(21)23(18)19/h1,3,7,11,14-15,17,19,21,24H,2,4-6,8-10,12-13H2/t17-,19+,21?/m0/s1. The van der Waals surface area contributed by atoms with E-state index in [-0.39, 0.29) is 0 Å². The van der Waals surface area contributed by atoms with Crippen LogP contribution in [-0.4, -0.2) is 17.5 Å². The van der Waals surface area contributed by atoms with E-state index in [0.717, 1.165) is 18.4 Å². The van der Waals surface area contributed by atoms with Gasteiger partial charge in [0.05, 0.1) is 6.04 Å². The fraction of sp³-hybridized carbons (Fsp3) is 0.565. The van der Waals surface area contributed by atoms with E-state index in [0.29, 0.717) is 12.0 Å². The van der Waals surface area contributed by atoms with Gasteiger partial charge in [-0.05, 0) is 67.6 Å². The fourth-order valence-electron chi connectivity index (χ4n) is 5.98. The maximum Gasteiger partial charge on any atom is 0.0588 e. The summed E-state index contributed by atoms with van der Waals surface area (Å²) in [5.41, 5.74) is 8.22. The molecule has 0 aromatic rings. The van der Waals surface area contributed by atoms with E-state index in [4.69, 9.17) is 0 Å². The van der Waals surface area contributed by atoms with E-state index < -0.39 is 0 Å². The highest BCUT2D eigenvalue weighted by Crippen LogP contribution is 2.55. The monoisotopic (exact) mass is 332 g/mol. The second-order valence-electron chi connectivity index (χ2n) is 8.79. The molecule has 3 aliphatic carbocycles. The second kappa shape index (κ2) is 5.40. The Bertz CT molecular complexity index is 759. The van der Waals surface area contributed by atoms with Crippen LogP contribution in [0.5, 0.6) is 0 Å². The molecule has 3 atom stereocenters. The van der Waals surface area contributed by atoms with Gasteiger partial charge in [0.2, 0.25) is 0 Å². The van der Waals surface area contributed by atoms with Gasteiger partial charge >= 0.3 is 0 Å². The molecule has 1 unspecified atom stereocenters. The number of hydrogen-bond acceptors (Lipinski definition) is 2. The Kier molecular flexibility index (Phi) is 3.12. The summed E-state index contributed by atoms with van der Waals surface area (Å²) in [6.07, 6.45) is 23.1. The zero-order valence-electron chi connectivity index (χ0n) is 15.0. The minimum Gasteiger partial charge on any atom is -0.387 e. The first-order chi connectivity index (χ1) is 12.4. The molecule has 1 N–H and O–H groups in total. The number of nitrogens with zero attached hydrogens (tertiary/aromatic N) is 1. The highest BCUT2D eigenvalue weighted by Gasteiger charge is 2.47. The Morgan fingerprint density at radius 1 is 1.08 bits per heavy atom. The molecule has 0 aromatic carbocycles. The number of rotatable bonds is 2. The summed E-state index contributed by atoms with van der Waals surface area (Å²) in [6, 6.07) is 0.579. The normalized spacial score (nSPS) is 35.8. The number of allylic oxidation sites excluding steroid dienone is 5. The molecule has 0 aromatic heterocycles. The molecule has 2 fully saturated rings. The summed E-state index contributed by atoms with van der Waals surface area (Å²) < 4.78 is 0. The first kappa shape index (κ1) is 14.5. The lowest BCUT2D eigenvalue weighted by molar-refractivity contribution is 0.313. The SMILES string of the molecule is C1=CC2=CCC3=C4[C@H](CC[C@H]3CC3CC3)C3=CNCC=C3N4C2CC1. The summed E-state index contributed by atoms with van der Waals surface area (Å²) in [5.74, 6) is 2.53. The maximum absolute atomic E-state index is 3.49. The van der Waals surface area contributed by atoms with E-state index in [1.807, 2.05) is 0 Å². The van der Waals surface area contributed by atoms with Crippen LogP contribution in [0.3, 0.4) is 0 Å². The smallest absolute Gasteiger partial charge is 0.0588 e. The predicted molar refractivity (Wildman–Crippen MR) is 101 cm³/mol. The quantitative estimate of drug-likeness (QED) is 0.781. The van der Waals surface area contributed by atoms with Crippen LogP contribution < -0.4 is 5.32 Å². The van der Waals surface area contributed by atoms with E-state index in [1.165, 1.54) is 57.1 Å². The van der Waals surface area contributed by atoms with Crippen molar-refractivity contribution in [2.24, 2.45) is 17.8 Å². The van der Waals surface area contributed by atoms with Gasteiger partial charge in [0.15, 0.2) is 0 Å². The molecule has 130 valence electrons. The lowest BCUT2D eigenvalue weighted by atomic mass is 9.75. The van der Waals surface area contributed by atoms with Crippen LogP contribution in [0.25, 0.3) is 0 Å². The van der Waals surface area contributed by atoms with Crippen LogP contribution in [0, 0.1) is 17.8 Å². The largest absolute Gasteiger partial charge is 0.387 e. The topological polar surface area (TPSA) is 15.3 Å². The van der Waals surface area contributed by atoms with E-state index >= 15 is 0 Å². The van der Waals surface area contributed by atoms with Crippen molar-refractivity contribution in [2.45, 2.75) is 57.4 Å². The molecule has 3 heterocycles. The number of dihydropyridines is 1. The Morgan fingerprint density at radius 3 is 2.96 bits per heavy atom. The van der Waals surface area contributed by atoms with Crippen LogP contribution in [0.15, 0.2) is 58.6 Å². The van der Waals surface area contributed by atoms with Gasteiger partial charge in [0, 0.05) is 35.6 Å². The van der Waals surface area contributed by atoms with Crippen LogP contribution in [0.2, 0.25) is 0 Å². The average molecular weight is 332 g/mol. The van der Waals surface area contributed by atoms with Gasteiger partial charge in [0.25, 0.3) is 0 Å². The third-order valence-electron chi connectivity index (χ3n) is 7.30. The Hall–Kier alpha value is -1.70. The van der Waals surface area contributed by atoms with Gasteiger partial charge in [-0.15, -0.1) is 0 Å². The first-order valence-corrected chi connectivity index (χ1v) is 10.4. The molecule has 1 saturated carbocycles. The molecule has 0 spiro atoms. The summed E-state index contributed by atoms with van der Waals surface area (Å²) >= 11 is 0. The van der Waals surface area contributed by atoms with E-state index in [2.05, 4.69) is 40.7 Å². The molecule has 25 heavy (non-hydrogen) atoms. The lowest BCUT2D eigenvalue weighted by Crippen LogP contribution is -2.35. The van der Waals surface area contributed by atoms with E-state index in [9.17, 15) is 0 Å². The van der Waals surface area contributed by atoms with Gasteiger partial charge in [0.1, 0.15) is 0 Å². The van der Waals surface area contributed by atoms with Crippen LogP contribution in [-0.2, 0) is 0 Å². The van der Waals surface area contributed by atoms with Crippen LogP contribution >= 0.6 is 0 Å². The molecule has 3 aliphatic heterocycles. The van der Waals surface area contributed by atoms with Gasteiger partial charge in [-0.1, -0.05) is 31.1 Å². The van der Waals surface area contributed by atoms with Crippen molar-refractivity contribution >= 4 is 0 Å². The second-order valence-corrected chi connectivity index (χ2v) is 8.79. The van der Waals surface area contributed by atoms with Crippen molar-refractivity contribution in [2.75, 3.05) is 6.54 Å². The van der Waals surface area contributed by atoms with Crippen molar-refractivity contribution < 1.29 is 0 Å².